The largest absolute Gasteiger partial charge is 0.377 e. The molecule has 4 fully saturated rings. The fourth-order valence-corrected chi connectivity index (χ4v) is 6.19. The van der Waals surface area contributed by atoms with Gasteiger partial charge in [-0.2, -0.15) is 0 Å². The van der Waals surface area contributed by atoms with Crippen LogP contribution in [0.15, 0.2) is 4.99 Å². The second-order valence-electron chi connectivity index (χ2n) is 9.49. The first-order valence-corrected chi connectivity index (χ1v) is 11.0. The van der Waals surface area contributed by atoms with Crippen molar-refractivity contribution in [2.45, 2.75) is 77.0 Å². The summed E-state index contributed by atoms with van der Waals surface area (Å²) in [4.78, 5) is 7.19. The molecule has 5 heteroatoms. The van der Waals surface area contributed by atoms with Crippen LogP contribution < -0.4 is 10.6 Å². The summed E-state index contributed by atoms with van der Waals surface area (Å²) in [5, 5.41) is 7.58. The number of hydrogen-bond donors (Lipinski definition) is 2. The Hall–Kier alpha value is -0.810. The number of guanidine groups is 1. The summed E-state index contributed by atoms with van der Waals surface area (Å²) in [6.45, 7) is 9.22. The normalized spacial score (nSPS) is 34.9. The first-order chi connectivity index (χ1) is 12.6. The summed E-state index contributed by atoms with van der Waals surface area (Å²) in [5.41, 5.74) is 0.388. The van der Waals surface area contributed by atoms with E-state index in [1.165, 1.54) is 64.6 Å². The molecule has 3 atom stereocenters. The highest BCUT2D eigenvalue weighted by Gasteiger charge is 2.65. The quantitative estimate of drug-likeness (QED) is 0.596. The van der Waals surface area contributed by atoms with Crippen molar-refractivity contribution >= 4 is 5.96 Å². The average Bonchev–Trinajstić information content (AvgIpc) is 3.28. The van der Waals surface area contributed by atoms with Crippen molar-refractivity contribution in [3.63, 3.8) is 0 Å². The van der Waals surface area contributed by atoms with E-state index >= 15 is 0 Å². The lowest BCUT2D eigenvalue weighted by molar-refractivity contribution is -0.125. The molecular weight excluding hydrogens is 324 g/mol. The van der Waals surface area contributed by atoms with Gasteiger partial charge < -0.3 is 20.3 Å². The summed E-state index contributed by atoms with van der Waals surface area (Å²) < 4.78 is 6.12. The van der Waals surface area contributed by atoms with E-state index in [0.717, 1.165) is 18.5 Å². The Labute approximate surface area is 159 Å². The summed E-state index contributed by atoms with van der Waals surface area (Å²) in [5.74, 6) is 2.48. The number of hydrogen-bond acceptors (Lipinski definition) is 3. The number of fused-ring (bicyclic) bond motifs is 2. The van der Waals surface area contributed by atoms with E-state index in [2.05, 4.69) is 34.4 Å². The first kappa shape index (κ1) is 18.5. The Kier molecular flexibility index (Phi) is 5.47. The zero-order valence-corrected chi connectivity index (χ0v) is 17.0. The molecule has 1 spiro atoms. The number of nitrogens with one attached hydrogen (secondary N) is 2. The third-order valence-electron chi connectivity index (χ3n) is 7.35. The van der Waals surface area contributed by atoms with Crippen molar-refractivity contribution in [3.05, 3.63) is 0 Å². The molecule has 0 aromatic carbocycles. The van der Waals surface area contributed by atoms with Crippen molar-refractivity contribution < 1.29 is 4.74 Å². The zero-order chi connectivity index (χ0) is 18.1. The van der Waals surface area contributed by atoms with Gasteiger partial charge in [0.05, 0.1) is 6.10 Å². The lowest BCUT2D eigenvalue weighted by Gasteiger charge is -2.57. The van der Waals surface area contributed by atoms with E-state index < -0.39 is 0 Å². The van der Waals surface area contributed by atoms with E-state index in [4.69, 9.17) is 4.74 Å². The van der Waals surface area contributed by atoms with Gasteiger partial charge in [0.15, 0.2) is 5.96 Å². The molecule has 0 bridgehead atoms. The summed E-state index contributed by atoms with van der Waals surface area (Å²) in [6.07, 6.45) is 9.56. The van der Waals surface area contributed by atoms with E-state index in [-0.39, 0.29) is 0 Å². The topological polar surface area (TPSA) is 48.9 Å². The van der Waals surface area contributed by atoms with E-state index in [0.29, 0.717) is 29.5 Å². The number of likely N-dealkylation sites (tertiary alicyclic amines) is 1. The lowest BCUT2D eigenvalue weighted by Crippen LogP contribution is -2.69. The molecule has 0 amide bonds. The molecule has 0 radical (unpaired) electrons. The standard InChI is InChI=1S/C21H38N4O/c1-15(2)14-25-11-6-16(7-12-25)23-20(22-3)24-18-17-8-13-26-19(17)21(18)9-4-5-10-21/h15-19H,4-14H2,1-3H3,(H2,22,23,24). The maximum absolute atomic E-state index is 6.12. The molecule has 2 N–H and O–H groups in total. The van der Waals surface area contributed by atoms with Crippen molar-refractivity contribution in [1.29, 1.82) is 0 Å². The second kappa shape index (κ2) is 7.67. The van der Waals surface area contributed by atoms with Crippen molar-refractivity contribution in [1.82, 2.24) is 15.5 Å². The molecule has 2 saturated heterocycles. The van der Waals surface area contributed by atoms with Gasteiger partial charge in [0.1, 0.15) is 0 Å². The van der Waals surface area contributed by atoms with Gasteiger partial charge in [-0.05, 0) is 38.0 Å². The predicted molar refractivity (Wildman–Crippen MR) is 106 cm³/mol. The molecule has 148 valence electrons. The Morgan fingerprint density at radius 2 is 1.88 bits per heavy atom. The molecule has 2 aliphatic heterocycles. The van der Waals surface area contributed by atoms with Crippen LogP contribution in [0.3, 0.4) is 0 Å². The third-order valence-corrected chi connectivity index (χ3v) is 7.35. The molecular formula is C21H38N4O. The zero-order valence-electron chi connectivity index (χ0n) is 17.0. The molecule has 4 aliphatic rings. The minimum absolute atomic E-state index is 0.388. The van der Waals surface area contributed by atoms with Crippen LogP contribution in [0, 0.1) is 17.3 Å². The molecule has 0 aromatic rings. The lowest BCUT2D eigenvalue weighted by atomic mass is 9.54. The second-order valence-corrected chi connectivity index (χ2v) is 9.49. The first-order valence-electron chi connectivity index (χ1n) is 11.0. The van der Waals surface area contributed by atoms with Gasteiger partial charge in [-0.1, -0.05) is 26.7 Å². The number of aliphatic imine (C=N–C) groups is 1. The SMILES string of the molecule is CN=C(NC1CCN(CC(C)C)CC1)NC1C2CCOC2C12CCCC2. The molecule has 5 nitrogen and oxygen atoms in total. The van der Waals surface area contributed by atoms with Crippen LogP contribution in [0.4, 0.5) is 0 Å². The fraction of sp³-hybridized carbons (Fsp3) is 0.952. The van der Waals surface area contributed by atoms with E-state index in [1.54, 1.807) is 0 Å². The van der Waals surface area contributed by atoms with Crippen LogP contribution in [0.25, 0.3) is 0 Å². The van der Waals surface area contributed by atoms with Gasteiger partial charge in [-0.3, -0.25) is 4.99 Å². The van der Waals surface area contributed by atoms with Crippen LogP contribution in [0.5, 0.6) is 0 Å². The van der Waals surface area contributed by atoms with Crippen LogP contribution in [-0.4, -0.2) is 62.3 Å². The molecule has 2 saturated carbocycles. The van der Waals surface area contributed by atoms with Gasteiger partial charge >= 0.3 is 0 Å². The fourth-order valence-electron chi connectivity index (χ4n) is 6.19. The van der Waals surface area contributed by atoms with Crippen LogP contribution in [0.2, 0.25) is 0 Å². The van der Waals surface area contributed by atoms with E-state index in [1.807, 2.05) is 7.05 Å². The number of nitrogens with zero attached hydrogens (tertiary/aromatic N) is 2. The van der Waals surface area contributed by atoms with Gasteiger partial charge in [0, 0.05) is 56.7 Å². The van der Waals surface area contributed by atoms with Crippen molar-refractivity contribution in [3.8, 4) is 0 Å². The highest BCUT2D eigenvalue weighted by atomic mass is 16.5. The minimum Gasteiger partial charge on any atom is -0.377 e. The van der Waals surface area contributed by atoms with Crippen molar-refractivity contribution in [2.24, 2.45) is 22.2 Å². The highest BCUT2D eigenvalue weighted by molar-refractivity contribution is 5.80. The van der Waals surface area contributed by atoms with Crippen LogP contribution >= 0.6 is 0 Å². The summed E-state index contributed by atoms with van der Waals surface area (Å²) in [7, 11) is 1.92. The van der Waals surface area contributed by atoms with Crippen LogP contribution in [-0.2, 0) is 4.74 Å². The van der Waals surface area contributed by atoms with Gasteiger partial charge in [0.2, 0.25) is 0 Å². The molecule has 2 heterocycles. The molecule has 0 aromatic heterocycles. The number of piperidine rings is 1. The number of rotatable bonds is 4. The van der Waals surface area contributed by atoms with Gasteiger partial charge in [0.25, 0.3) is 0 Å². The Morgan fingerprint density at radius 1 is 1.15 bits per heavy atom. The Morgan fingerprint density at radius 3 is 2.54 bits per heavy atom. The minimum atomic E-state index is 0.388. The maximum Gasteiger partial charge on any atom is 0.191 e. The Bertz CT molecular complexity index is 506. The average molecular weight is 363 g/mol. The molecule has 4 rings (SSSR count). The monoisotopic (exact) mass is 362 g/mol. The van der Waals surface area contributed by atoms with Crippen molar-refractivity contribution in [2.75, 3.05) is 33.3 Å². The van der Waals surface area contributed by atoms with Gasteiger partial charge in [-0.25, -0.2) is 0 Å². The molecule has 26 heavy (non-hydrogen) atoms. The van der Waals surface area contributed by atoms with E-state index in [9.17, 15) is 0 Å². The summed E-state index contributed by atoms with van der Waals surface area (Å²) in [6, 6.07) is 1.12. The Balaban J connectivity index is 1.31. The highest BCUT2D eigenvalue weighted by Crippen LogP contribution is 2.60. The third kappa shape index (κ3) is 3.37. The predicted octanol–water partition coefficient (Wildman–Crippen LogP) is 2.62. The number of ether oxygens (including phenoxy) is 1. The smallest absolute Gasteiger partial charge is 0.191 e. The van der Waals surface area contributed by atoms with Crippen LogP contribution in [0.1, 0.15) is 58.8 Å². The van der Waals surface area contributed by atoms with Gasteiger partial charge in [-0.15, -0.1) is 0 Å². The molecule has 3 unspecified atom stereocenters. The molecule has 2 aliphatic carbocycles. The maximum atomic E-state index is 6.12. The summed E-state index contributed by atoms with van der Waals surface area (Å²) >= 11 is 0.